The Balaban J connectivity index is 2.64. The van der Waals surface area contributed by atoms with Gasteiger partial charge in [-0.3, -0.25) is 4.98 Å². The number of hydrogen-bond acceptors (Lipinski definition) is 3. The van der Waals surface area contributed by atoms with Gasteiger partial charge in [-0.15, -0.1) is 0 Å². The molecule has 3 heteroatoms. The van der Waals surface area contributed by atoms with E-state index in [0.29, 0.717) is 6.42 Å². The number of aromatic nitrogens is 1. The molecule has 1 rings (SSSR count). The summed E-state index contributed by atoms with van der Waals surface area (Å²) in [5.74, 6) is 0. The summed E-state index contributed by atoms with van der Waals surface area (Å²) >= 11 is 0. The van der Waals surface area contributed by atoms with Gasteiger partial charge in [-0.1, -0.05) is 6.07 Å². The lowest BCUT2D eigenvalue weighted by Gasteiger charge is -2.21. The molecular formula is C10H16N2O. The van der Waals surface area contributed by atoms with E-state index in [1.807, 2.05) is 12.1 Å². The molecule has 1 aromatic heterocycles. The van der Waals surface area contributed by atoms with E-state index in [0.717, 1.165) is 5.56 Å². The van der Waals surface area contributed by atoms with Gasteiger partial charge < -0.3 is 10.8 Å². The van der Waals surface area contributed by atoms with Crippen molar-refractivity contribution >= 4 is 0 Å². The Morgan fingerprint density at radius 1 is 1.62 bits per heavy atom. The monoisotopic (exact) mass is 180 g/mol. The maximum atomic E-state index is 9.55. The standard InChI is InChI=1S/C10H16N2O/c1-10(2,13)6-9(11)8-4-3-5-12-7-8/h3-5,7,9,13H,6,11H2,1-2H3. The average molecular weight is 180 g/mol. The lowest BCUT2D eigenvalue weighted by Crippen LogP contribution is -2.26. The van der Waals surface area contributed by atoms with E-state index in [1.54, 1.807) is 26.2 Å². The smallest absolute Gasteiger partial charge is 0.0609 e. The molecule has 0 amide bonds. The Kier molecular flexibility index (Phi) is 3.01. The minimum absolute atomic E-state index is 0.145. The van der Waals surface area contributed by atoms with Crippen LogP contribution in [-0.4, -0.2) is 15.7 Å². The van der Waals surface area contributed by atoms with Crippen LogP contribution in [0.15, 0.2) is 24.5 Å². The van der Waals surface area contributed by atoms with Gasteiger partial charge in [0, 0.05) is 18.4 Å². The fraction of sp³-hybridized carbons (Fsp3) is 0.500. The largest absolute Gasteiger partial charge is 0.390 e. The summed E-state index contributed by atoms with van der Waals surface area (Å²) in [5, 5.41) is 9.55. The van der Waals surface area contributed by atoms with E-state index < -0.39 is 5.60 Å². The third kappa shape index (κ3) is 3.53. The highest BCUT2D eigenvalue weighted by Crippen LogP contribution is 2.20. The Bertz CT molecular complexity index is 253. The van der Waals surface area contributed by atoms with Crippen molar-refractivity contribution in [2.75, 3.05) is 0 Å². The molecule has 0 spiro atoms. The quantitative estimate of drug-likeness (QED) is 0.735. The minimum Gasteiger partial charge on any atom is -0.390 e. The van der Waals surface area contributed by atoms with Crippen LogP contribution in [0.3, 0.4) is 0 Å². The molecule has 0 aliphatic rings. The SMILES string of the molecule is CC(C)(O)CC(N)c1cccnc1. The zero-order valence-corrected chi connectivity index (χ0v) is 8.07. The summed E-state index contributed by atoms with van der Waals surface area (Å²) in [6, 6.07) is 3.62. The number of nitrogens with two attached hydrogens (primary N) is 1. The summed E-state index contributed by atoms with van der Waals surface area (Å²) in [6.45, 7) is 3.51. The minimum atomic E-state index is -0.727. The second kappa shape index (κ2) is 3.85. The Labute approximate surface area is 78.6 Å². The van der Waals surface area contributed by atoms with E-state index in [1.165, 1.54) is 0 Å². The highest BCUT2D eigenvalue weighted by Gasteiger charge is 2.18. The second-order valence-corrected chi connectivity index (χ2v) is 3.91. The first-order valence-corrected chi connectivity index (χ1v) is 4.37. The summed E-state index contributed by atoms with van der Waals surface area (Å²) in [5.41, 5.74) is 6.12. The predicted octanol–water partition coefficient (Wildman–Crippen LogP) is 1.24. The van der Waals surface area contributed by atoms with Crippen molar-refractivity contribution in [3.05, 3.63) is 30.1 Å². The van der Waals surface area contributed by atoms with Gasteiger partial charge in [0.15, 0.2) is 0 Å². The Morgan fingerprint density at radius 2 is 2.31 bits per heavy atom. The van der Waals surface area contributed by atoms with Crippen molar-refractivity contribution in [2.24, 2.45) is 5.73 Å². The first-order chi connectivity index (χ1) is 5.99. The molecule has 3 N–H and O–H groups in total. The van der Waals surface area contributed by atoms with Crippen LogP contribution in [0.4, 0.5) is 0 Å². The average Bonchev–Trinajstić information content (AvgIpc) is 2.03. The van der Waals surface area contributed by atoms with Crippen LogP contribution in [0.2, 0.25) is 0 Å². The van der Waals surface area contributed by atoms with E-state index in [-0.39, 0.29) is 6.04 Å². The van der Waals surface area contributed by atoms with Crippen LogP contribution in [0.5, 0.6) is 0 Å². The molecule has 0 saturated carbocycles. The molecule has 0 aliphatic carbocycles. The third-order valence-corrected chi connectivity index (χ3v) is 1.83. The van der Waals surface area contributed by atoms with Crippen molar-refractivity contribution in [1.29, 1.82) is 0 Å². The van der Waals surface area contributed by atoms with Gasteiger partial charge in [0.05, 0.1) is 5.60 Å². The van der Waals surface area contributed by atoms with Gasteiger partial charge in [0.2, 0.25) is 0 Å². The summed E-state index contributed by atoms with van der Waals surface area (Å²) in [7, 11) is 0. The fourth-order valence-electron chi connectivity index (χ4n) is 1.25. The van der Waals surface area contributed by atoms with Gasteiger partial charge in [-0.2, -0.15) is 0 Å². The molecule has 0 aliphatic heterocycles. The van der Waals surface area contributed by atoms with Crippen molar-refractivity contribution in [2.45, 2.75) is 31.9 Å². The summed E-state index contributed by atoms with van der Waals surface area (Å²) < 4.78 is 0. The van der Waals surface area contributed by atoms with Crippen molar-refractivity contribution < 1.29 is 5.11 Å². The molecular weight excluding hydrogens is 164 g/mol. The molecule has 0 aromatic carbocycles. The first-order valence-electron chi connectivity index (χ1n) is 4.37. The van der Waals surface area contributed by atoms with E-state index in [4.69, 9.17) is 5.73 Å². The summed E-state index contributed by atoms with van der Waals surface area (Å²) in [4.78, 5) is 3.97. The zero-order valence-electron chi connectivity index (χ0n) is 8.07. The zero-order chi connectivity index (χ0) is 9.90. The van der Waals surface area contributed by atoms with Crippen LogP contribution in [0.1, 0.15) is 31.9 Å². The highest BCUT2D eigenvalue weighted by atomic mass is 16.3. The maximum absolute atomic E-state index is 9.55. The number of pyridine rings is 1. The van der Waals surface area contributed by atoms with Crippen LogP contribution in [-0.2, 0) is 0 Å². The number of hydrogen-bond donors (Lipinski definition) is 2. The van der Waals surface area contributed by atoms with Crippen LogP contribution >= 0.6 is 0 Å². The van der Waals surface area contributed by atoms with Crippen molar-refractivity contribution in [3.63, 3.8) is 0 Å². The maximum Gasteiger partial charge on any atom is 0.0609 e. The van der Waals surface area contributed by atoms with E-state index in [9.17, 15) is 5.11 Å². The normalized spacial score (nSPS) is 14.2. The number of rotatable bonds is 3. The molecule has 0 bridgehead atoms. The number of aliphatic hydroxyl groups is 1. The molecule has 72 valence electrons. The molecule has 0 saturated heterocycles. The molecule has 0 radical (unpaired) electrons. The highest BCUT2D eigenvalue weighted by molar-refractivity contribution is 5.13. The van der Waals surface area contributed by atoms with Gasteiger partial charge in [0.1, 0.15) is 0 Å². The molecule has 13 heavy (non-hydrogen) atoms. The molecule has 0 fully saturated rings. The van der Waals surface area contributed by atoms with Gasteiger partial charge >= 0.3 is 0 Å². The first kappa shape index (κ1) is 10.2. The van der Waals surface area contributed by atoms with Crippen LogP contribution < -0.4 is 5.73 Å². The van der Waals surface area contributed by atoms with Crippen LogP contribution in [0, 0.1) is 0 Å². The van der Waals surface area contributed by atoms with Gasteiger partial charge in [-0.05, 0) is 31.9 Å². The predicted molar refractivity (Wildman–Crippen MR) is 52.1 cm³/mol. The molecule has 1 atom stereocenters. The van der Waals surface area contributed by atoms with Gasteiger partial charge in [-0.25, -0.2) is 0 Å². The molecule has 1 unspecified atom stereocenters. The van der Waals surface area contributed by atoms with Crippen molar-refractivity contribution in [3.8, 4) is 0 Å². The number of nitrogens with zero attached hydrogens (tertiary/aromatic N) is 1. The Morgan fingerprint density at radius 3 is 2.77 bits per heavy atom. The summed E-state index contributed by atoms with van der Waals surface area (Å²) in [6.07, 6.45) is 3.98. The fourth-order valence-corrected chi connectivity index (χ4v) is 1.25. The van der Waals surface area contributed by atoms with Crippen LogP contribution in [0.25, 0.3) is 0 Å². The second-order valence-electron chi connectivity index (χ2n) is 3.91. The topological polar surface area (TPSA) is 59.1 Å². The molecule has 1 aromatic rings. The van der Waals surface area contributed by atoms with Gasteiger partial charge in [0.25, 0.3) is 0 Å². The van der Waals surface area contributed by atoms with E-state index in [2.05, 4.69) is 4.98 Å². The third-order valence-electron chi connectivity index (χ3n) is 1.83. The molecule has 3 nitrogen and oxygen atoms in total. The van der Waals surface area contributed by atoms with Crippen molar-refractivity contribution in [1.82, 2.24) is 4.98 Å². The lowest BCUT2D eigenvalue weighted by molar-refractivity contribution is 0.0635. The van der Waals surface area contributed by atoms with E-state index >= 15 is 0 Å². The Hall–Kier alpha value is -0.930. The lowest BCUT2D eigenvalue weighted by atomic mass is 9.96. The molecule has 1 heterocycles.